The fourth-order valence-corrected chi connectivity index (χ4v) is 9.72. The highest BCUT2D eigenvalue weighted by molar-refractivity contribution is 5.92. The zero-order valence-corrected chi connectivity index (χ0v) is 28.8. The van der Waals surface area contributed by atoms with Crippen LogP contribution in [0.3, 0.4) is 0 Å². The quantitative estimate of drug-likeness (QED) is 0.178. The molecule has 0 spiro atoms. The molecule has 1 aromatic heterocycles. The van der Waals surface area contributed by atoms with Gasteiger partial charge in [-0.3, -0.25) is 0 Å². The van der Waals surface area contributed by atoms with E-state index in [4.69, 9.17) is 0 Å². The molecule has 248 valence electrons. The highest BCUT2D eigenvalue weighted by Gasteiger charge is 2.54. The first-order valence-corrected chi connectivity index (χ1v) is 18.3. The predicted octanol–water partition coefficient (Wildman–Crippen LogP) is 10.5. The fourth-order valence-electron chi connectivity index (χ4n) is 9.72. The molecule has 7 atom stereocenters. The Labute approximate surface area is 304 Å². The van der Waals surface area contributed by atoms with Crippen molar-refractivity contribution < 1.29 is 0 Å². The zero-order valence-electron chi connectivity index (χ0n) is 28.8. The molecule has 0 N–H and O–H groups in total. The van der Waals surface area contributed by atoms with Crippen LogP contribution in [0.5, 0.6) is 0 Å². The van der Waals surface area contributed by atoms with Crippen molar-refractivity contribution in [2.75, 3.05) is 4.90 Å². The van der Waals surface area contributed by atoms with Crippen molar-refractivity contribution in [3.05, 3.63) is 149 Å². The monoisotopic (exact) mass is 669 g/mol. The smallest absolute Gasteiger partial charge is 0.0992 e. The number of nitriles is 3. The van der Waals surface area contributed by atoms with Crippen molar-refractivity contribution in [3.8, 4) is 46.1 Å². The van der Waals surface area contributed by atoms with Crippen LogP contribution in [0.25, 0.3) is 44.9 Å². The Kier molecular flexibility index (Phi) is 6.80. The first-order valence-electron chi connectivity index (χ1n) is 18.3. The lowest BCUT2D eigenvalue weighted by atomic mass is 9.71. The van der Waals surface area contributed by atoms with Gasteiger partial charge in [-0.15, -0.1) is 0 Å². The molecule has 1 saturated carbocycles. The minimum absolute atomic E-state index is 0.0854. The fraction of sp³-hybridized carbons (Fsp3) is 0.213. The van der Waals surface area contributed by atoms with Gasteiger partial charge in [0.2, 0.25) is 0 Å². The Morgan fingerprint density at radius 1 is 0.769 bits per heavy atom. The van der Waals surface area contributed by atoms with E-state index >= 15 is 0 Å². The molecule has 0 amide bonds. The summed E-state index contributed by atoms with van der Waals surface area (Å²) in [6.45, 7) is 2.26. The molecule has 2 heterocycles. The Morgan fingerprint density at radius 3 is 2.48 bits per heavy atom. The summed E-state index contributed by atoms with van der Waals surface area (Å²) < 4.78 is 2.27. The first-order chi connectivity index (χ1) is 25.6. The second-order valence-corrected chi connectivity index (χ2v) is 14.9. The van der Waals surface area contributed by atoms with Gasteiger partial charge in [0, 0.05) is 39.5 Å². The maximum atomic E-state index is 10.3. The van der Waals surface area contributed by atoms with Crippen LogP contribution in [0.1, 0.15) is 42.5 Å². The Bertz CT molecular complexity index is 2590. The highest BCUT2D eigenvalue weighted by atomic mass is 15.2. The van der Waals surface area contributed by atoms with Crippen LogP contribution in [0.15, 0.2) is 133 Å². The molecule has 0 saturated heterocycles. The minimum Gasteiger partial charge on any atom is -0.333 e. The average Bonchev–Trinajstić information content (AvgIpc) is 3.80. The van der Waals surface area contributed by atoms with E-state index in [0.717, 1.165) is 55.8 Å². The largest absolute Gasteiger partial charge is 0.333 e. The van der Waals surface area contributed by atoms with Crippen LogP contribution in [0.4, 0.5) is 5.69 Å². The zero-order chi connectivity index (χ0) is 35.1. The lowest BCUT2D eigenvalue weighted by molar-refractivity contribution is 0.324. The molecule has 5 heteroatoms. The number of para-hydroxylation sites is 2. The van der Waals surface area contributed by atoms with Crippen molar-refractivity contribution in [3.63, 3.8) is 0 Å². The maximum Gasteiger partial charge on any atom is 0.0992 e. The van der Waals surface area contributed by atoms with Gasteiger partial charge in [-0.1, -0.05) is 79.8 Å². The minimum atomic E-state index is -0.183. The van der Waals surface area contributed by atoms with Gasteiger partial charge in [-0.2, -0.15) is 15.8 Å². The molecule has 1 aliphatic heterocycles. The molecular weight excluding hydrogens is 635 g/mol. The van der Waals surface area contributed by atoms with Crippen molar-refractivity contribution in [1.82, 2.24) is 4.57 Å². The normalized spacial score (nSPS) is 26.2. The summed E-state index contributed by atoms with van der Waals surface area (Å²) in [7, 11) is 0. The second-order valence-electron chi connectivity index (χ2n) is 14.9. The van der Waals surface area contributed by atoms with Crippen LogP contribution in [0, 0.1) is 63.6 Å². The third kappa shape index (κ3) is 4.45. The number of nitrogens with zero attached hydrogens (tertiary/aromatic N) is 5. The van der Waals surface area contributed by atoms with Crippen LogP contribution in [-0.2, 0) is 0 Å². The lowest BCUT2D eigenvalue weighted by Gasteiger charge is -2.37. The molecule has 4 aliphatic carbocycles. The van der Waals surface area contributed by atoms with Crippen LogP contribution in [0.2, 0.25) is 0 Å². The van der Waals surface area contributed by atoms with Crippen molar-refractivity contribution in [2.45, 2.75) is 31.7 Å². The molecule has 5 nitrogen and oxygen atoms in total. The standard InChI is InChI=1S/C47H35N5/c1-28-32(26-49)17-19-43-45(28)47-39-24-31(39)16-18-44(47)52(43)40-13-4-2-11-37(40)35-21-29(25-48)20-34(22-35)30-8-6-10-36(23-30)51-41-14-5-3-12-38(41)46-33(27-50)9-7-15-42(46)51/h2-8,10-23,28,31-33,39,43,45H,9,24H2,1H3. The summed E-state index contributed by atoms with van der Waals surface area (Å²) in [4.78, 5) is 2.52. The Balaban J connectivity index is 1.10. The molecule has 10 rings (SSSR count). The van der Waals surface area contributed by atoms with E-state index < -0.39 is 0 Å². The van der Waals surface area contributed by atoms with Crippen LogP contribution in [-0.4, -0.2) is 10.6 Å². The van der Waals surface area contributed by atoms with E-state index in [9.17, 15) is 15.8 Å². The van der Waals surface area contributed by atoms with Crippen molar-refractivity contribution in [1.29, 1.82) is 15.8 Å². The number of hydrogen-bond donors (Lipinski definition) is 0. The van der Waals surface area contributed by atoms with Gasteiger partial charge >= 0.3 is 0 Å². The van der Waals surface area contributed by atoms with E-state index in [1.165, 1.54) is 17.7 Å². The predicted molar refractivity (Wildman–Crippen MR) is 206 cm³/mol. The summed E-state index contributed by atoms with van der Waals surface area (Å²) in [6.07, 6.45) is 15.3. The molecule has 5 aromatic rings. The summed E-state index contributed by atoms with van der Waals surface area (Å²) in [5.74, 6) is 1.46. The maximum absolute atomic E-state index is 10.3. The van der Waals surface area contributed by atoms with E-state index in [0.29, 0.717) is 29.7 Å². The number of anilines is 1. The first kappa shape index (κ1) is 30.5. The second kappa shape index (κ2) is 11.6. The molecular formula is C47H35N5. The number of hydrogen-bond acceptors (Lipinski definition) is 4. The molecule has 5 aliphatic rings. The Hall–Kier alpha value is -6.35. The Morgan fingerprint density at radius 2 is 1.62 bits per heavy atom. The van der Waals surface area contributed by atoms with E-state index in [1.54, 1.807) is 0 Å². The van der Waals surface area contributed by atoms with Crippen LogP contribution >= 0.6 is 0 Å². The topological polar surface area (TPSA) is 79.5 Å². The number of aromatic nitrogens is 1. The van der Waals surface area contributed by atoms with Gasteiger partial charge in [0.05, 0.1) is 52.9 Å². The van der Waals surface area contributed by atoms with E-state index in [-0.39, 0.29) is 23.8 Å². The van der Waals surface area contributed by atoms with Gasteiger partial charge < -0.3 is 9.47 Å². The lowest BCUT2D eigenvalue weighted by Crippen LogP contribution is -2.39. The molecule has 4 aromatic carbocycles. The van der Waals surface area contributed by atoms with Gasteiger partial charge in [-0.25, -0.2) is 0 Å². The molecule has 0 radical (unpaired) electrons. The van der Waals surface area contributed by atoms with Crippen LogP contribution < -0.4 is 4.90 Å². The molecule has 0 bridgehead atoms. The highest BCUT2D eigenvalue weighted by Crippen LogP contribution is 2.60. The van der Waals surface area contributed by atoms with Gasteiger partial charge in [0.1, 0.15) is 0 Å². The molecule has 52 heavy (non-hydrogen) atoms. The van der Waals surface area contributed by atoms with Gasteiger partial charge in [-0.05, 0) is 107 Å². The molecule has 7 unspecified atom stereocenters. The summed E-state index contributed by atoms with van der Waals surface area (Å²) in [5, 5.41) is 31.5. The summed E-state index contributed by atoms with van der Waals surface area (Å²) >= 11 is 0. The van der Waals surface area contributed by atoms with E-state index in [1.807, 2.05) is 18.2 Å². The number of fused-ring (bicyclic) bond motifs is 7. The number of allylic oxidation sites excluding steroid dienone is 4. The third-order valence-electron chi connectivity index (χ3n) is 12.2. The number of benzene rings is 4. The molecule has 1 fully saturated rings. The van der Waals surface area contributed by atoms with E-state index in [2.05, 4.69) is 144 Å². The average molecular weight is 670 g/mol. The van der Waals surface area contributed by atoms with Crippen molar-refractivity contribution in [2.24, 2.45) is 29.6 Å². The summed E-state index contributed by atoms with van der Waals surface area (Å²) in [5.41, 5.74) is 12.9. The number of rotatable bonds is 4. The SMILES string of the molecule is CC1C(C#N)C=CC2C1C1=C(C=CC3CC13)N2c1ccccc1-c1cc(C#N)cc(-c2cccc(-n3c4c(c5ccccc53)C(C#N)CC=C4)c2)c1. The van der Waals surface area contributed by atoms with Gasteiger partial charge in [0.25, 0.3) is 0 Å². The van der Waals surface area contributed by atoms with Crippen molar-refractivity contribution >= 4 is 22.7 Å². The summed E-state index contributed by atoms with van der Waals surface area (Å²) in [6, 6.07) is 39.4. The third-order valence-corrected chi connectivity index (χ3v) is 12.2. The van der Waals surface area contributed by atoms with Gasteiger partial charge in [0.15, 0.2) is 0 Å².